The van der Waals surface area contributed by atoms with E-state index in [4.69, 9.17) is 14.0 Å². The molecule has 0 unspecified atom stereocenters. The van der Waals surface area contributed by atoms with E-state index in [2.05, 4.69) is 30.6 Å². The first-order valence-corrected chi connectivity index (χ1v) is 9.43. The summed E-state index contributed by atoms with van der Waals surface area (Å²) in [6.07, 6.45) is 1.96. The van der Waals surface area contributed by atoms with Crippen LogP contribution in [0.5, 0.6) is 0 Å². The Balaban J connectivity index is 1.38. The maximum absolute atomic E-state index is 12.1. The number of carbonyl (C=O) groups is 1. The lowest BCUT2D eigenvalue weighted by atomic mass is 10.1. The molecule has 29 heavy (non-hydrogen) atoms. The number of aromatic nitrogens is 5. The molecule has 0 aliphatic heterocycles. The SMILES string of the molecule is CCOCCOCc1cccc(CNC(=O)CCc2nc(-c3ncn[nH]3)no2)c1. The molecular weight excluding hydrogens is 376 g/mol. The van der Waals surface area contributed by atoms with Gasteiger partial charge < -0.3 is 19.3 Å². The van der Waals surface area contributed by atoms with Gasteiger partial charge in [-0.2, -0.15) is 10.1 Å². The van der Waals surface area contributed by atoms with Crippen LogP contribution in [-0.2, 0) is 33.8 Å². The zero-order valence-electron chi connectivity index (χ0n) is 16.3. The molecule has 0 radical (unpaired) electrons. The van der Waals surface area contributed by atoms with Crippen LogP contribution in [0.2, 0.25) is 0 Å². The molecule has 10 heteroatoms. The molecule has 3 rings (SSSR count). The van der Waals surface area contributed by atoms with Crippen LogP contribution in [-0.4, -0.2) is 51.0 Å². The van der Waals surface area contributed by atoms with Gasteiger partial charge in [-0.05, 0) is 18.1 Å². The number of aromatic amines is 1. The van der Waals surface area contributed by atoms with Crippen LogP contribution in [0.15, 0.2) is 35.1 Å². The maximum atomic E-state index is 12.1. The molecule has 1 amide bonds. The summed E-state index contributed by atoms with van der Waals surface area (Å²) in [6.45, 7) is 4.75. The Kier molecular flexibility index (Phi) is 7.84. The number of benzene rings is 1. The summed E-state index contributed by atoms with van der Waals surface area (Å²) in [5.74, 6) is 1.02. The molecule has 2 aromatic heterocycles. The van der Waals surface area contributed by atoms with Crippen molar-refractivity contribution < 1.29 is 18.8 Å². The van der Waals surface area contributed by atoms with Gasteiger partial charge in [0.1, 0.15) is 6.33 Å². The molecule has 10 nitrogen and oxygen atoms in total. The van der Waals surface area contributed by atoms with E-state index in [0.717, 1.165) is 11.1 Å². The van der Waals surface area contributed by atoms with Crippen LogP contribution in [0.3, 0.4) is 0 Å². The van der Waals surface area contributed by atoms with Crippen LogP contribution in [0.25, 0.3) is 11.6 Å². The van der Waals surface area contributed by atoms with Crippen LogP contribution in [0.1, 0.15) is 30.4 Å². The van der Waals surface area contributed by atoms with E-state index in [1.807, 2.05) is 31.2 Å². The topological polar surface area (TPSA) is 128 Å². The van der Waals surface area contributed by atoms with Gasteiger partial charge >= 0.3 is 0 Å². The van der Waals surface area contributed by atoms with Gasteiger partial charge in [0, 0.05) is 26.0 Å². The molecule has 0 saturated heterocycles. The highest BCUT2D eigenvalue weighted by atomic mass is 16.5. The Hall–Kier alpha value is -3.11. The molecule has 3 aromatic rings. The molecule has 0 atom stereocenters. The van der Waals surface area contributed by atoms with Gasteiger partial charge in [-0.15, -0.1) is 0 Å². The number of nitrogens with zero attached hydrogens (tertiary/aromatic N) is 4. The fourth-order valence-corrected chi connectivity index (χ4v) is 2.56. The van der Waals surface area contributed by atoms with Crippen molar-refractivity contribution in [3.8, 4) is 11.6 Å². The molecule has 2 heterocycles. The standard InChI is InChI=1S/C19H24N6O4/c1-2-27-8-9-28-12-15-5-3-4-14(10-15)11-20-16(26)6-7-17-23-19(25-29-17)18-21-13-22-24-18/h3-5,10,13H,2,6-9,11-12H2,1H3,(H,20,26)(H,21,22,24). The van der Waals surface area contributed by atoms with Crippen LogP contribution in [0.4, 0.5) is 0 Å². The van der Waals surface area contributed by atoms with Gasteiger partial charge in [0.25, 0.3) is 0 Å². The van der Waals surface area contributed by atoms with E-state index in [0.29, 0.717) is 56.9 Å². The number of aryl methyl sites for hydroxylation is 1. The first-order valence-electron chi connectivity index (χ1n) is 9.43. The van der Waals surface area contributed by atoms with Crippen molar-refractivity contribution in [2.45, 2.75) is 32.9 Å². The summed E-state index contributed by atoms with van der Waals surface area (Å²) in [7, 11) is 0. The molecule has 0 spiro atoms. The number of rotatable bonds is 12. The Morgan fingerprint density at radius 2 is 2.10 bits per heavy atom. The van der Waals surface area contributed by atoms with Gasteiger partial charge in [0.05, 0.1) is 19.8 Å². The monoisotopic (exact) mass is 400 g/mol. The summed E-state index contributed by atoms with van der Waals surface area (Å²) < 4.78 is 15.9. The average molecular weight is 400 g/mol. The quantitative estimate of drug-likeness (QED) is 0.439. The van der Waals surface area contributed by atoms with E-state index in [9.17, 15) is 4.79 Å². The summed E-state index contributed by atoms with van der Waals surface area (Å²) in [6, 6.07) is 7.92. The third kappa shape index (κ3) is 6.77. The third-order valence-corrected chi connectivity index (χ3v) is 3.99. The van der Waals surface area contributed by atoms with Crippen molar-refractivity contribution in [3.05, 3.63) is 47.6 Å². The maximum Gasteiger partial charge on any atom is 0.239 e. The highest BCUT2D eigenvalue weighted by Crippen LogP contribution is 2.10. The number of ether oxygens (including phenoxy) is 2. The van der Waals surface area contributed by atoms with Gasteiger partial charge in [0.2, 0.25) is 17.6 Å². The fraction of sp³-hybridized carbons (Fsp3) is 0.421. The van der Waals surface area contributed by atoms with Crippen molar-refractivity contribution in [2.24, 2.45) is 0 Å². The Bertz CT molecular complexity index is 880. The van der Waals surface area contributed by atoms with Crippen molar-refractivity contribution in [2.75, 3.05) is 19.8 Å². The number of nitrogens with one attached hydrogen (secondary N) is 2. The number of hydrogen-bond acceptors (Lipinski definition) is 8. The molecule has 0 bridgehead atoms. The van der Waals surface area contributed by atoms with Crippen molar-refractivity contribution >= 4 is 5.91 Å². The third-order valence-electron chi connectivity index (χ3n) is 3.99. The lowest BCUT2D eigenvalue weighted by Gasteiger charge is -2.08. The normalized spacial score (nSPS) is 10.9. The first kappa shape index (κ1) is 20.6. The Morgan fingerprint density at radius 3 is 2.93 bits per heavy atom. The Labute approximate surface area is 168 Å². The zero-order valence-corrected chi connectivity index (χ0v) is 16.3. The highest BCUT2D eigenvalue weighted by molar-refractivity contribution is 5.76. The smallest absolute Gasteiger partial charge is 0.239 e. The summed E-state index contributed by atoms with van der Waals surface area (Å²) in [4.78, 5) is 20.3. The number of amides is 1. The number of H-pyrrole nitrogens is 1. The molecule has 0 aliphatic rings. The average Bonchev–Trinajstić information content (AvgIpc) is 3.42. The minimum atomic E-state index is -0.0946. The van der Waals surface area contributed by atoms with Gasteiger partial charge in [-0.1, -0.05) is 29.4 Å². The van der Waals surface area contributed by atoms with E-state index < -0.39 is 0 Å². The van der Waals surface area contributed by atoms with E-state index >= 15 is 0 Å². The number of carbonyl (C=O) groups excluding carboxylic acids is 1. The van der Waals surface area contributed by atoms with Gasteiger partial charge in [-0.3, -0.25) is 9.89 Å². The number of hydrogen-bond donors (Lipinski definition) is 2. The summed E-state index contributed by atoms with van der Waals surface area (Å²) in [5.41, 5.74) is 2.06. The first-order chi connectivity index (χ1) is 14.2. The van der Waals surface area contributed by atoms with E-state index in [-0.39, 0.29) is 12.3 Å². The predicted molar refractivity (Wildman–Crippen MR) is 102 cm³/mol. The van der Waals surface area contributed by atoms with E-state index in [1.54, 1.807) is 0 Å². The molecule has 1 aromatic carbocycles. The van der Waals surface area contributed by atoms with Crippen LogP contribution < -0.4 is 5.32 Å². The minimum Gasteiger partial charge on any atom is -0.379 e. The van der Waals surface area contributed by atoms with Crippen molar-refractivity contribution in [3.63, 3.8) is 0 Å². The largest absolute Gasteiger partial charge is 0.379 e. The fourth-order valence-electron chi connectivity index (χ4n) is 2.56. The molecule has 2 N–H and O–H groups in total. The van der Waals surface area contributed by atoms with Gasteiger partial charge in [-0.25, -0.2) is 4.98 Å². The Morgan fingerprint density at radius 1 is 1.24 bits per heavy atom. The lowest BCUT2D eigenvalue weighted by Crippen LogP contribution is -2.23. The molecule has 0 saturated carbocycles. The van der Waals surface area contributed by atoms with Crippen molar-refractivity contribution in [1.82, 2.24) is 30.6 Å². The zero-order chi connectivity index (χ0) is 20.3. The van der Waals surface area contributed by atoms with Gasteiger partial charge in [0.15, 0.2) is 5.82 Å². The second kappa shape index (κ2) is 11.0. The molecule has 0 aliphatic carbocycles. The second-order valence-corrected chi connectivity index (χ2v) is 6.19. The van der Waals surface area contributed by atoms with Crippen LogP contribution >= 0.6 is 0 Å². The summed E-state index contributed by atoms with van der Waals surface area (Å²) >= 11 is 0. The highest BCUT2D eigenvalue weighted by Gasteiger charge is 2.12. The summed E-state index contributed by atoms with van der Waals surface area (Å²) in [5, 5.41) is 13.1. The second-order valence-electron chi connectivity index (χ2n) is 6.19. The van der Waals surface area contributed by atoms with Crippen molar-refractivity contribution in [1.29, 1.82) is 0 Å². The van der Waals surface area contributed by atoms with E-state index in [1.165, 1.54) is 6.33 Å². The predicted octanol–water partition coefficient (Wildman–Crippen LogP) is 1.66. The molecule has 0 fully saturated rings. The van der Waals surface area contributed by atoms with Crippen LogP contribution in [0, 0.1) is 0 Å². The molecular formula is C19H24N6O4. The minimum absolute atomic E-state index is 0.0946. The molecule has 154 valence electrons. The lowest BCUT2D eigenvalue weighted by molar-refractivity contribution is -0.121.